The van der Waals surface area contributed by atoms with Gasteiger partial charge in [-0.3, -0.25) is 15.1 Å². The minimum atomic E-state index is -0.447. The maximum absolute atomic E-state index is 13.0. The summed E-state index contributed by atoms with van der Waals surface area (Å²) < 4.78 is 1.89. The Morgan fingerprint density at radius 1 is 1.04 bits per heavy atom. The zero-order valence-electron chi connectivity index (χ0n) is 13.8. The summed E-state index contributed by atoms with van der Waals surface area (Å²) in [6.07, 6.45) is 7.26. The van der Waals surface area contributed by atoms with Crippen LogP contribution in [0, 0.1) is 0 Å². The first-order chi connectivity index (χ1) is 12.8. The molecule has 6 heteroatoms. The van der Waals surface area contributed by atoms with E-state index in [0.29, 0.717) is 5.13 Å². The molecule has 0 saturated carbocycles. The largest absolute Gasteiger partial charge is 0.338 e. The highest BCUT2D eigenvalue weighted by Crippen LogP contribution is 2.26. The van der Waals surface area contributed by atoms with E-state index in [2.05, 4.69) is 15.3 Å². The van der Waals surface area contributed by atoms with E-state index in [1.807, 2.05) is 76.9 Å². The second kappa shape index (κ2) is 7.33. The number of aromatic nitrogens is 3. The number of benzene rings is 1. The van der Waals surface area contributed by atoms with Gasteiger partial charge < -0.3 is 4.57 Å². The van der Waals surface area contributed by atoms with Gasteiger partial charge in [0.15, 0.2) is 5.13 Å². The van der Waals surface area contributed by atoms with Crippen LogP contribution in [0.15, 0.2) is 84.8 Å². The summed E-state index contributed by atoms with van der Waals surface area (Å²) in [6, 6.07) is 16.9. The van der Waals surface area contributed by atoms with Crippen LogP contribution < -0.4 is 5.32 Å². The Morgan fingerprint density at radius 2 is 1.85 bits per heavy atom. The van der Waals surface area contributed by atoms with Crippen LogP contribution in [0.25, 0.3) is 11.3 Å². The number of pyridine rings is 1. The number of nitrogens with zero attached hydrogens (tertiary/aromatic N) is 3. The molecule has 0 unspecified atom stereocenters. The molecular formula is C20H16N4OS. The Morgan fingerprint density at radius 3 is 2.58 bits per heavy atom. The van der Waals surface area contributed by atoms with Crippen molar-refractivity contribution in [3.8, 4) is 11.3 Å². The molecule has 3 aromatic heterocycles. The number of thiazole rings is 1. The highest BCUT2D eigenvalue weighted by molar-refractivity contribution is 7.14. The maximum Gasteiger partial charge on any atom is 0.253 e. The van der Waals surface area contributed by atoms with Crippen LogP contribution in [-0.4, -0.2) is 20.4 Å². The molecule has 0 spiro atoms. The van der Waals surface area contributed by atoms with E-state index >= 15 is 0 Å². The highest BCUT2D eigenvalue weighted by atomic mass is 32.1. The number of nitrogens with one attached hydrogen (secondary N) is 1. The monoisotopic (exact) mass is 360 g/mol. The van der Waals surface area contributed by atoms with Gasteiger partial charge in [-0.1, -0.05) is 30.3 Å². The normalized spacial score (nSPS) is 11.8. The summed E-state index contributed by atoms with van der Waals surface area (Å²) in [5, 5.41) is 5.43. The third-order valence-corrected chi connectivity index (χ3v) is 4.74. The van der Waals surface area contributed by atoms with Crippen LogP contribution in [0.3, 0.4) is 0 Å². The van der Waals surface area contributed by atoms with E-state index in [4.69, 9.17) is 0 Å². The molecule has 1 aromatic carbocycles. The first kappa shape index (κ1) is 16.2. The number of carbonyl (C=O) groups excluding carboxylic acids is 1. The minimum absolute atomic E-state index is 0.125. The molecule has 5 nitrogen and oxygen atoms in total. The fourth-order valence-electron chi connectivity index (χ4n) is 2.77. The molecule has 1 N–H and O–H groups in total. The lowest BCUT2D eigenvalue weighted by atomic mass is 10.1. The lowest BCUT2D eigenvalue weighted by molar-refractivity contribution is -0.118. The molecule has 4 rings (SSSR count). The summed E-state index contributed by atoms with van der Waals surface area (Å²) >= 11 is 1.40. The molecule has 26 heavy (non-hydrogen) atoms. The number of rotatable bonds is 5. The summed E-state index contributed by atoms with van der Waals surface area (Å²) in [5.41, 5.74) is 2.65. The van der Waals surface area contributed by atoms with Crippen molar-refractivity contribution in [2.45, 2.75) is 6.04 Å². The van der Waals surface area contributed by atoms with Gasteiger partial charge in [0.1, 0.15) is 6.04 Å². The number of carbonyl (C=O) groups is 1. The second-order valence-corrected chi connectivity index (χ2v) is 6.57. The van der Waals surface area contributed by atoms with Crippen LogP contribution in [0.5, 0.6) is 0 Å². The fraction of sp³-hybridized carbons (Fsp3) is 0.0500. The predicted molar refractivity (Wildman–Crippen MR) is 103 cm³/mol. The Kier molecular flexibility index (Phi) is 4.57. The van der Waals surface area contributed by atoms with Gasteiger partial charge in [-0.05, 0) is 29.8 Å². The van der Waals surface area contributed by atoms with Crippen molar-refractivity contribution in [2.75, 3.05) is 5.32 Å². The minimum Gasteiger partial charge on any atom is -0.338 e. The molecule has 0 aliphatic carbocycles. The van der Waals surface area contributed by atoms with E-state index in [1.54, 1.807) is 12.4 Å². The number of hydrogen-bond donors (Lipinski definition) is 1. The van der Waals surface area contributed by atoms with Gasteiger partial charge in [0, 0.05) is 35.7 Å². The van der Waals surface area contributed by atoms with E-state index in [9.17, 15) is 4.79 Å². The van der Waals surface area contributed by atoms with E-state index in [0.717, 1.165) is 16.8 Å². The quantitative estimate of drug-likeness (QED) is 0.579. The first-order valence-electron chi connectivity index (χ1n) is 8.15. The van der Waals surface area contributed by atoms with Gasteiger partial charge >= 0.3 is 0 Å². The fourth-order valence-corrected chi connectivity index (χ4v) is 3.49. The number of amides is 1. The molecule has 0 bridgehead atoms. The SMILES string of the molecule is O=C(Nc1nc(-c2cccnc2)cs1)[C@@H](c1ccccc1)n1cccc1. The number of anilines is 1. The Labute approximate surface area is 155 Å². The van der Waals surface area contributed by atoms with Crippen LogP contribution in [0.4, 0.5) is 5.13 Å². The standard InChI is InChI=1S/C20H16N4OS/c25-19(18(24-11-4-5-12-24)15-7-2-1-3-8-15)23-20-22-17(14-26-20)16-9-6-10-21-13-16/h1-14,18H,(H,22,23,25)/t18-/m1/s1. The van der Waals surface area contributed by atoms with Gasteiger partial charge in [0.25, 0.3) is 5.91 Å². The van der Waals surface area contributed by atoms with Crippen molar-refractivity contribution in [3.63, 3.8) is 0 Å². The van der Waals surface area contributed by atoms with Crippen molar-refractivity contribution in [1.29, 1.82) is 0 Å². The van der Waals surface area contributed by atoms with E-state index in [1.165, 1.54) is 11.3 Å². The Hall–Kier alpha value is -3.25. The summed E-state index contributed by atoms with van der Waals surface area (Å²) in [6.45, 7) is 0. The van der Waals surface area contributed by atoms with Gasteiger partial charge in [-0.2, -0.15) is 0 Å². The van der Waals surface area contributed by atoms with E-state index < -0.39 is 6.04 Å². The van der Waals surface area contributed by atoms with Crippen molar-refractivity contribution in [2.24, 2.45) is 0 Å². The molecule has 1 amide bonds. The van der Waals surface area contributed by atoms with Crippen molar-refractivity contribution >= 4 is 22.4 Å². The molecule has 1 atom stereocenters. The summed E-state index contributed by atoms with van der Waals surface area (Å²) in [7, 11) is 0. The lowest BCUT2D eigenvalue weighted by Crippen LogP contribution is -2.26. The maximum atomic E-state index is 13.0. The van der Waals surface area contributed by atoms with Crippen molar-refractivity contribution in [3.05, 3.63) is 90.3 Å². The first-order valence-corrected chi connectivity index (χ1v) is 9.03. The smallest absolute Gasteiger partial charge is 0.253 e. The zero-order chi connectivity index (χ0) is 17.8. The molecule has 3 heterocycles. The predicted octanol–water partition coefficient (Wildman–Crippen LogP) is 4.23. The van der Waals surface area contributed by atoms with Gasteiger partial charge in [0.05, 0.1) is 5.69 Å². The zero-order valence-corrected chi connectivity index (χ0v) is 14.6. The summed E-state index contributed by atoms with van der Waals surface area (Å²) in [4.78, 5) is 21.6. The molecule has 128 valence electrons. The molecule has 0 saturated heterocycles. The van der Waals surface area contributed by atoms with Crippen molar-refractivity contribution in [1.82, 2.24) is 14.5 Å². The molecule has 0 aliphatic heterocycles. The van der Waals surface area contributed by atoms with Crippen LogP contribution >= 0.6 is 11.3 Å². The van der Waals surface area contributed by atoms with E-state index in [-0.39, 0.29) is 5.91 Å². The van der Waals surface area contributed by atoms with Gasteiger partial charge in [0.2, 0.25) is 0 Å². The molecule has 0 radical (unpaired) electrons. The molecular weight excluding hydrogens is 344 g/mol. The van der Waals surface area contributed by atoms with Crippen LogP contribution in [-0.2, 0) is 4.79 Å². The average Bonchev–Trinajstić information content (AvgIpc) is 3.36. The van der Waals surface area contributed by atoms with Crippen LogP contribution in [0.2, 0.25) is 0 Å². The third-order valence-electron chi connectivity index (χ3n) is 3.98. The Bertz CT molecular complexity index is 981. The number of hydrogen-bond acceptors (Lipinski definition) is 4. The molecule has 0 fully saturated rings. The van der Waals surface area contributed by atoms with Gasteiger partial charge in [-0.15, -0.1) is 11.3 Å². The molecule has 0 aliphatic rings. The Balaban J connectivity index is 1.59. The lowest BCUT2D eigenvalue weighted by Gasteiger charge is -2.18. The average molecular weight is 360 g/mol. The summed E-state index contributed by atoms with van der Waals surface area (Å²) in [5.74, 6) is -0.125. The molecule has 4 aromatic rings. The van der Waals surface area contributed by atoms with Gasteiger partial charge in [-0.25, -0.2) is 4.98 Å². The van der Waals surface area contributed by atoms with Crippen LogP contribution in [0.1, 0.15) is 11.6 Å². The highest BCUT2D eigenvalue weighted by Gasteiger charge is 2.22. The second-order valence-electron chi connectivity index (χ2n) is 5.71. The topological polar surface area (TPSA) is 59.8 Å². The van der Waals surface area contributed by atoms with Crippen molar-refractivity contribution < 1.29 is 4.79 Å². The third kappa shape index (κ3) is 3.41.